The minimum atomic E-state index is -0.847. The molecule has 4 saturated heterocycles. The van der Waals surface area contributed by atoms with Crippen LogP contribution in [-0.4, -0.2) is 89.0 Å². The standard InChI is InChI=1S/C30H36ClFN6O3/c31-23-10-21(39)11-24(25(23)17-2-3-17)38-9-6-22-26(28(38)40)34-29(35-27(22)36-14-19-4-5-20(15-36)33-19)41-16-30-7-1-8-37(30)13-18(32)12-30/h10-11,17-20,33,39H,1-9,12-16H2/t18-,19?,20?,30+/m1/s1. The number of nitrogens with one attached hydrogen (secondary N) is 1. The van der Waals surface area contributed by atoms with E-state index in [0.29, 0.717) is 66.9 Å². The largest absolute Gasteiger partial charge is 0.508 e. The van der Waals surface area contributed by atoms with Gasteiger partial charge in [-0.25, -0.2) is 4.39 Å². The first-order valence-electron chi connectivity index (χ1n) is 15.1. The summed E-state index contributed by atoms with van der Waals surface area (Å²) in [6, 6.07) is 4.20. The van der Waals surface area contributed by atoms with Crippen LogP contribution in [-0.2, 0) is 6.42 Å². The minimum Gasteiger partial charge on any atom is -0.508 e. The molecule has 218 valence electrons. The Bertz CT molecular complexity index is 1390. The number of halogens is 2. The van der Waals surface area contributed by atoms with E-state index in [9.17, 15) is 14.3 Å². The molecular formula is C30H36ClFN6O3. The maximum Gasteiger partial charge on any atom is 0.319 e. The number of aromatic hydroxyl groups is 1. The summed E-state index contributed by atoms with van der Waals surface area (Å²) in [5.41, 5.74) is 2.45. The number of ether oxygens (including phenoxy) is 1. The molecule has 6 heterocycles. The molecule has 4 atom stereocenters. The smallest absolute Gasteiger partial charge is 0.319 e. The highest BCUT2D eigenvalue weighted by atomic mass is 35.5. The Morgan fingerprint density at radius 3 is 2.71 bits per heavy atom. The van der Waals surface area contributed by atoms with E-state index >= 15 is 0 Å². The van der Waals surface area contributed by atoms with Crippen molar-refractivity contribution in [2.45, 2.75) is 81.1 Å². The Balaban J connectivity index is 1.16. The minimum absolute atomic E-state index is 0.0415. The number of phenolic OH excluding ortho intramolecular Hbond substituents is 1. The molecule has 2 unspecified atom stereocenters. The van der Waals surface area contributed by atoms with Gasteiger partial charge in [0.15, 0.2) is 0 Å². The van der Waals surface area contributed by atoms with Gasteiger partial charge >= 0.3 is 6.01 Å². The predicted octanol–water partition coefficient (Wildman–Crippen LogP) is 3.81. The van der Waals surface area contributed by atoms with Crippen molar-refractivity contribution in [2.24, 2.45) is 0 Å². The van der Waals surface area contributed by atoms with Gasteiger partial charge in [0.25, 0.3) is 5.91 Å². The van der Waals surface area contributed by atoms with Gasteiger partial charge in [-0.15, -0.1) is 0 Å². The van der Waals surface area contributed by atoms with Gasteiger partial charge in [0, 0.05) is 61.3 Å². The number of benzene rings is 1. The van der Waals surface area contributed by atoms with Crippen molar-refractivity contribution in [2.75, 3.05) is 49.1 Å². The van der Waals surface area contributed by atoms with Gasteiger partial charge in [0.1, 0.15) is 30.0 Å². The molecule has 41 heavy (non-hydrogen) atoms. The molecule has 5 aliphatic heterocycles. The van der Waals surface area contributed by atoms with Crippen molar-refractivity contribution in [3.8, 4) is 11.8 Å². The highest BCUT2D eigenvalue weighted by molar-refractivity contribution is 6.32. The van der Waals surface area contributed by atoms with E-state index in [1.54, 1.807) is 17.0 Å². The molecule has 0 radical (unpaired) electrons. The van der Waals surface area contributed by atoms with Gasteiger partial charge < -0.3 is 25.0 Å². The van der Waals surface area contributed by atoms with Crippen LogP contribution in [0.3, 0.4) is 0 Å². The molecule has 5 fully saturated rings. The first-order chi connectivity index (χ1) is 19.9. The molecule has 11 heteroatoms. The summed E-state index contributed by atoms with van der Waals surface area (Å²) >= 11 is 6.59. The number of aromatic nitrogens is 2. The SMILES string of the molecule is O=C1c2nc(OC[C@@]34CCCN3C[C@H](F)C4)nc(N3CC4CCC(C3)N4)c2CCN1c1cc(O)cc(Cl)c1C1CC1. The molecular weight excluding hydrogens is 547 g/mol. The van der Waals surface area contributed by atoms with Crippen LogP contribution in [0.5, 0.6) is 11.8 Å². The monoisotopic (exact) mass is 582 g/mol. The van der Waals surface area contributed by atoms with Crippen molar-refractivity contribution in [3.63, 3.8) is 0 Å². The molecule has 1 aromatic heterocycles. The lowest BCUT2D eigenvalue weighted by molar-refractivity contribution is 0.0963. The molecule has 1 saturated carbocycles. The number of carbonyl (C=O) groups is 1. The van der Waals surface area contributed by atoms with Crippen molar-refractivity contribution in [1.29, 1.82) is 0 Å². The third-order valence-corrected chi connectivity index (χ3v) is 10.4. The molecule has 0 spiro atoms. The number of anilines is 2. The van der Waals surface area contributed by atoms with Crippen molar-refractivity contribution in [1.82, 2.24) is 20.2 Å². The summed E-state index contributed by atoms with van der Waals surface area (Å²) in [6.07, 6.45) is 6.43. The van der Waals surface area contributed by atoms with Gasteiger partial charge in [-0.2, -0.15) is 9.97 Å². The van der Waals surface area contributed by atoms with E-state index < -0.39 is 6.17 Å². The molecule has 1 aromatic carbocycles. The fourth-order valence-corrected chi connectivity index (χ4v) is 8.44. The maximum absolute atomic E-state index is 14.4. The van der Waals surface area contributed by atoms with Crippen molar-refractivity contribution in [3.05, 3.63) is 34.0 Å². The average molecular weight is 583 g/mol. The summed E-state index contributed by atoms with van der Waals surface area (Å²) in [6.45, 7) is 3.75. The maximum atomic E-state index is 14.4. The summed E-state index contributed by atoms with van der Waals surface area (Å²) in [4.78, 5) is 30.1. The van der Waals surface area contributed by atoms with E-state index in [0.717, 1.165) is 75.1 Å². The van der Waals surface area contributed by atoms with Crippen LogP contribution in [0.1, 0.15) is 72.5 Å². The van der Waals surface area contributed by atoms with Gasteiger partial charge in [-0.1, -0.05) is 11.6 Å². The Labute approximate surface area is 244 Å². The van der Waals surface area contributed by atoms with E-state index in [-0.39, 0.29) is 23.2 Å². The number of alkyl halides is 1. The number of nitrogens with zero attached hydrogens (tertiary/aromatic N) is 5. The zero-order valence-corrected chi connectivity index (χ0v) is 23.9. The van der Waals surface area contributed by atoms with Crippen LogP contribution in [0.25, 0.3) is 0 Å². The first-order valence-corrected chi connectivity index (χ1v) is 15.5. The fourth-order valence-electron chi connectivity index (χ4n) is 8.07. The number of piperazine rings is 1. The van der Waals surface area contributed by atoms with Crippen molar-refractivity contribution >= 4 is 29.0 Å². The summed E-state index contributed by atoms with van der Waals surface area (Å²) in [5, 5.41) is 14.6. The molecule has 6 aliphatic rings. The van der Waals surface area contributed by atoms with E-state index in [1.165, 1.54) is 0 Å². The first kappa shape index (κ1) is 26.0. The summed E-state index contributed by atoms with van der Waals surface area (Å²) in [7, 11) is 0. The number of hydrogen-bond donors (Lipinski definition) is 2. The Morgan fingerprint density at radius 2 is 1.93 bits per heavy atom. The Morgan fingerprint density at radius 1 is 1.12 bits per heavy atom. The zero-order chi connectivity index (χ0) is 27.9. The quantitative estimate of drug-likeness (QED) is 0.531. The highest BCUT2D eigenvalue weighted by Crippen LogP contribution is 2.50. The molecule has 1 amide bonds. The lowest BCUT2D eigenvalue weighted by Gasteiger charge is -2.37. The second-order valence-electron chi connectivity index (χ2n) is 12.9. The molecule has 1 aliphatic carbocycles. The molecule has 2 bridgehead atoms. The second kappa shape index (κ2) is 9.67. The van der Waals surface area contributed by atoms with Crippen molar-refractivity contribution < 1.29 is 19.0 Å². The third kappa shape index (κ3) is 4.44. The van der Waals surface area contributed by atoms with Crippen LogP contribution in [0.15, 0.2) is 12.1 Å². The van der Waals surface area contributed by atoms with Gasteiger partial charge in [-0.05, 0) is 69.0 Å². The van der Waals surface area contributed by atoms with Crippen LogP contribution >= 0.6 is 11.6 Å². The fraction of sp³-hybridized carbons (Fsp3) is 0.633. The number of fused-ring (bicyclic) bond motifs is 4. The van der Waals surface area contributed by atoms with E-state index in [2.05, 4.69) is 15.1 Å². The van der Waals surface area contributed by atoms with Crippen LogP contribution in [0.4, 0.5) is 15.9 Å². The molecule has 9 nitrogen and oxygen atoms in total. The lowest BCUT2D eigenvalue weighted by Crippen LogP contribution is -2.52. The van der Waals surface area contributed by atoms with Crippen LogP contribution in [0.2, 0.25) is 5.02 Å². The number of carbonyl (C=O) groups excluding carboxylic acids is 1. The Kier molecular flexibility index (Phi) is 6.13. The average Bonchev–Trinajstić information content (AvgIpc) is 3.52. The summed E-state index contributed by atoms with van der Waals surface area (Å²) < 4.78 is 20.7. The van der Waals surface area contributed by atoms with Crippen LogP contribution in [0, 0.1) is 0 Å². The van der Waals surface area contributed by atoms with Crippen LogP contribution < -0.4 is 19.9 Å². The molecule has 2 N–H and O–H groups in total. The number of phenols is 1. The normalized spacial score (nSPS) is 31.1. The molecule has 2 aromatic rings. The number of hydrogen-bond acceptors (Lipinski definition) is 8. The van der Waals surface area contributed by atoms with Gasteiger partial charge in [0.2, 0.25) is 0 Å². The topological polar surface area (TPSA) is 94.1 Å². The highest BCUT2D eigenvalue weighted by Gasteiger charge is 2.49. The second-order valence-corrected chi connectivity index (χ2v) is 13.3. The predicted molar refractivity (Wildman–Crippen MR) is 153 cm³/mol. The Hall–Kier alpha value is -2.69. The van der Waals surface area contributed by atoms with E-state index in [1.807, 2.05) is 0 Å². The summed E-state index contributed by atoms with van der Waals surface area (Å²) in [5.74, 6) is 0.887. The number of rotatable bonds is 6. The zero-order valence-electron chi connectivity index (χ0n) is 23.1. The third-order valence-electron chi connectivity index (χ3n) is 10.1. The van der Waals surface area contributed by atoms with E-state index in [4.69, 9.17) is 26.3 Å². The number of amides is 1. The van der Waals surface area contributed by atoms with Gasteiger partial charge in [0.05, 0.1) is 11.2 Å². The lowest BCUT2D eigenvalue weighted by atomic mass is 9.95. The van der Waals surface area contributed by atoms with Gasteiger partial charge in [-0.3, -0.25) is 9.69 Å². The molecule has 8 rings (SSSR count).